The van der Waals surface area contributed by atoms with Crippen molar-refractivity contribution in [3.8, 4) is 0 Å². The van der Waals surface area contributed by atoms with E-state index in [-0.39, 0.29) is 29.9 Å². The maximum absolute atomic E-state index is 13.8. The van der Waals surface area contributed by atoms with Gasteiger partial charge in [-0.25, -0.2) is 4.39 Å². The number of nitrogens with zero attached hydrogens (tertiary/aromatic N) is 1. The molecule has 112 valence electrons. The molecule has 0 aromatic heterocycles. The van der Waals surface area contributed by atoms with Crippen LogP contribution >= 0.6 is 12.4 Å². The molecule has 0 spiro atoms. The van der Waals surface area contributed by atoms with Gasteiger partial charge in [0.1, 0.15) is 5.82 Å². The topological polar surface area (TPSA) is 32.3 Å². The molecule has 1 amide bonds. The molecule has 0 radical (unpaired) electrons. The minimum absolute atomic E-state index is 0. The van der Waals surface area contributed by atoms with Crippen LogP contribution in [-0.4, -0.2) is 37.0 Å². The SMILES string of the molecule is Cc1ccc(C(=O)N(C)C2CCCNCC2)c(F)c1.Cl. The second kappa shape index (κ2) is 7.60. The van der Waals surface area contributed by atoms with Gasteiger partial charge in [-0.15, -0.1) is 12.4 Å². The quantitative estimate of drug-likeness (QED) is 0.911. The van der Waals surface area contributed by atoms with Crippen molar-refractivity contribution in [3.05, 3.63) is 35.1 Å². The molecule has 1 heterocycles. The number of rotatable bonds is 2. The predicted molar refractivity (Wildman–Crippen MR) is 81.0 cm³/mol. The average molecular weight is 301 g/mol. The first-order chi connectivity index (χ1) is 9.09. The number of amides is 1. The lowest BCUT2D eigenvalue weighted by molar-refractivity contribution is 0.0715. The number of halogens is 2. The Balaban J connectivity index is 0.00000200. The predicted octanol–water partition coefficient (Wildman–Crippen LogP) is 2.77. The van der Waals surface area contributed by atoms with Crippen molar-refractivity contribution in [1.82, 2.24) is 10.2 Å². The van der Waals surface area contributed by atoms with Crippen LogP contribution in [0, 0.1) is 12.7 Å². The third-order valence-corrected chi connectivity index (χ3v) is 3.77. The molecule has 0 saturated carbocycles. The lowest BCUT2D eigenvalue weighted by atomic mass is 10.1. The third kappa shape index (κ3) is 3.93. The summed E-state index contributed by atoms with van der Waals surface area (Å²) in [5, 5.41) is 3.32. The molecule has 1 aromatic rings. The summed E-state index contributed by atoms with van der Waals surface area (Å²) in [4.78, 5) is 14.0. The van der Waals surface area contributed by atoms with Crippen molar-refractivity contribution in [3.63, 3.8) is 0 Å². The number of carbonyl (C=O) groups excluding carboxylic acids is 1. The zero-order valence-corrected chi connectivity index (χ0v) is 12.8. The fourth-order valence-electron chi connectivity index (χ4n) is 2.54. The Morgan fingerprint density at radius 1 is 1.35 bits per heavy atom. The zero-order chi connectivity index (χ0) is 13.8. The summed E-state index contributed by atoms with van der Waals surface area (Å²) in [6.07, 6.45) is 2.96. The van der Waals surface area contributed by atoms with Gasteiger partial charge in [0.05, 0.1) is 5.56 Å². The summed E-state index contributed by atoms with van der Waals surface area (Å²) in [7, 11) is 1.78. The number of benzene rings is 1. The van der Waals surface area contributed by atoms with Crippen molar-refractivity contribution in [1.29, 1.82) is 0 Å². The molecule has 20 heavy (non-hydrogen) atoms. The molecule has 1 fully saturated rings. The number of hydrogen-bond donors (Lipinski definition) is 1. The van der Waals surface area contributed by atoms with E-state index in [9.17, 15) is 9.18 Å². The minimum Gasteiger partial charge on any atom is -0.339 e. The maximum Gasteiger partial charge on any atom is 0.256 e. The van der Waals surface area contributed by atoms with E-state index < -0.39 is 5.82 Å². The van der Waals surface area contributed by atoms with Crippen molar-refractivity contribution in [2.75, 3.05) is 20.1 Å². The van der Waals surface area contributed by atoms with Crippen LogP contribution in [0.1, 0.15) is 35.2 Å². The van der Waals surface area contributed by atoms with E-state index in [0.717, 1.165) is 37.9 Å². The van der Waals surface area contributed by atoms with Gasteiger partial charge in [0, 0.05) is 13.1 Å². The number of aryl methyl sites for hydroxylation is 1. The summed E-state index contributed by atoms with van der Waals surface area (Å²) in [6, 6.07) is 4.97. The number of carbonyl (C=O) groups is 1. The summed E-state index contributed by atoms with van der Waals surface area (Å²) < 4.78 is 13.8. The molecule has 0 aliphatic carbocycles. The van der Waals surface area contributed by atoms with Gasteiger partial charge in [0.25, 0.3) is 5.91 Å². The lowest BCUT2D eigenvalue weighted by Gasteiger charge is -2.27. The summed E-state index contributed by atoms with van der Waals surface area (Å²) >= 11 is 0. The smallest absolute Gasteiger partial charge is 0.256 e. The van der Waals surface area contributed by atoms with Gasteiger partial charge in [-0.05, 0) is 57.0 Å². The average Bonchev–Trinajstić information content (AvgIpc) is 2.66. The van der Waals surface area contributed by atoms with Gasteiger partial charge in [-0.2, -0.15) is 0 Å². The molecule has 2 rings (SSSR count). The Labute approximate surface area is 125 Å². The van der Waals surface area contributed by atoms with E-state index in [4.69, 9.17) is 0 Å². The standard InChI is InChI=1S/C15H21FN2O.ClH/c1-11-5-6-13(14(16)10-11)15(19)18(2)12-4-3-8-17-9-7-12;/h5-6,10,12,17H,3-4,7-9H2,1-2H3;1H. The molecular formula is C15H22ClFN2O. The van der Waals surface area contributed by atoms with E-state index in [1.807, 2.05) is 6.92 Å². The van der Waals surface area contributed by atoms with E-state index >= 15 is 0 Å². The van der Waals surface area contributed by atoms with E-state index in [2.05, 4.69) is 5.32 Å². The van der Waals surface area contributed by atoms with Crippen LogP contribution < -0.4 is 5.32 Å². The molecule has 1 saturated heterocycles. The monoisotopic (exact) mass is 300 g/mol. The van der Waals surface area contributed by atoms with E-state index in [1.165, 1.54) is 6.07 Å². The first-order valence-electron chi connectivity index (χ1n) is 6.83. The first-order valence-corrected chi connectivity index (χ1v) is 6.83. The molecule has 5 heteroatoms. The van der Waals surface area contributed by atoms with Crippen LogP contribution in [0.2, 0.25) is 0 Å². The Morgan fingerprint density at radius 3 is 2.80 bits per heavy atom. The van der Waals surface area contributed by atoms with Gasteiger partial charge in [0.2, 0.25) is 0 Å². The highest BCUT2D eigenvalue weighted by Gasteiger charge is 2.23. The molecule has 0 bridgehead atoms. The summed E-state index contributed by atoms with van der Waals surface area (Å²) in [5.74, 6) is -0.645. The highest BCUT2D eigenvalue weighted by atomic mass is 35.5. The molecule has 1 unspecified atom stereocenters. The van der Waals surface area contributed by atoms with Crippen LogP contribution in [0.3, 0.4) is 0 Å². The molecular weight excluding hydrogens is 279 g/mol. The normalized spacial score (nSPS) is 18.9. The number of nitrogens with one attached hydrogen (secondary N) is 1. The van der Waals surface area contributed by atoms with Crippen LogP contribution in [0.15, 0.2) is 18.2 Å². The summed E-state index contributed by atoms with van der Waals surface area (Å²) in [6.45, 7) is 3.73. The molecule has 3 nitrogen and oxygen atoms in total. The Kier molecular flexibility index (Phi) is 6.43. The molecule has 1 atom stereocenters. The van der Waals surface area contributed by atoms with Gasteiger partial charge < -0.3 is 10.2 Å². The van der Waals surface area contributed by atoms with Crippen LogP contribution in [0.5, 0.6) is 0 Å². The van der Waals surface area contributed by atoms with Gasteiger partial charge in [-0.3, -0.25) is 4.79 Å². The van der Waals surface area contributed by atoms with E-state index in [0.29, 0.717) is 0 Å². The van der Waals surface area contributed by atoms with E-state index in [1.54, 1.807) is 24.1 Å². The number of hydrogen-bond acceptors (Lipinski definition) is 2. The fourth-order valence-corrected chi connectivity index (χ4v) is 2.54. The molecule has 1 aliphatic rings. The lowest BCUT2D eigenvalue weighted by Crippen LogP contribution is -2.38. The fraction of sp³-hybridized carbons (Fsp3) is 0.533. The molecule has 1 aliphatic heterocycles. The van der Waals surface area contributed by atoms with Crippen molar-refractivity contribution >= 4 is 18.3 Å². The Hall–Kier alpha value is -1.13. The Morgan fingerprint density at radius 2 is 2.10 bits per heavy atom. The second-order valence-electron chi connectivity index (χ2n) is 5.23. The Bertz CT molecular complexity index is 459. The third-order valence-electron chi connectivity index (χ3n) is 3.77. The highest BCUT2D eigenvalue weighted by Crippen LogP contribution is 2.17. The van der Waals surface area contributed by atoms with Crippen LogP contribution in [0.25, 0.3) is 0 Å². The maximum atomic E-state index is 13.8. The van der Waals surface area contributed by atoms with Crippen LogP contribution in [0.4, 0.5) is 4.39 Å². The van der Waals surface area contributed by atoms with Gasteiger partial charge in [-0.1, -0.05) is 6.07 Å². The van der Waals surface area contributed by atoms with Crippen molar-refractivity contribution in [2.45, 2.75) is 32.2 Å². The van der Waals surface area contributed by atoms with Gasteiger partial charge >= 0.3 is 0 Å². The molecule has 1 N–H and O–H groups in total. The first kappa shape index (κ1) is 16.9. The van der Waals surface area contributed by atoms with Gasteiger partial charge in [0.15, 0.2) is 0 Å². The van der Waals surface area contributed by atoms with Crippen molar-refractivity contribution in [2.24, 2.45) is 0 Å². The summed E-state index contributed by atoms with van der Waals surface area (Å²) in [5.41, 5.74) is 1.00. The second-order valence-corrected chi connectivity index (χ2v) is 5.23. The molecule has 1 aromatic carbocycles. The zero-order valence-electron chi connectivity index (χ0n) is 12.0. The minimum atomic E-state index is -0.427. The highest BCUT2D eigenvalue weighted by molar-refractivity contribution is 5.94. The van der Waals surface area contributed by atoms with Crippen LogP contribution in [-0.2, 0) is 0 Å². The largest absolute Gasteiger partial charge is 0.339 e. The van der Waals surface area contributed by atoms with Crippen molar-refractivity contribution < 1.29 is 9.18 Å².